The lowest BCUT2D eigenvalue weighted by atomic mass is 10.00. The Morgan fingerprint density at radius 3 is 2.52 bits per heavy atom. The third-order valence-corrected chi connectivity index (χ3v) is 3.96. The molecule has 0 bridgehead atoms. The number of benzene rings is 2. The Bertz CT molecular complexity index is 1150. The number of hydrogen-bond donors (Lipinski definition) is 2. The molecule has 4 aromatic rings. The van der Waals surface area contributed by atoms with Crippen molar-refractivity contribution in [3.63, 3.8) is 0 Å². The number of rotatable bonds is 2. The molecule has 2 aromatic carbocycles. The molecule has 136 valence electrons. The summed E-state index contributed by atoms with van der Waals surface area (Å²) in [4.78, 5) is 4.00. The fourth-order valence-corrected chi connectivity index (χ4v) is 2.79. The number of nitrogens with two attached hydrogens (primary N) is 1. The number of nitrogens with zero attached hydrogens (tertiary/aromatic N) is 4. The molecule has 0 radical (unpaired) electrons. The normalized spacial score (nSPS) is 11.9. The van der Waals surface area contributed by atoms with Crippen molar-refractivity contribution in [2.75, 3.05) is 5.73 Å². The summed E-state index contributed by atoms with van der Waals surface area (Å²) in [5, 5.41) is 13.7. The molecule has 0 unspecified atom stereocenters. The second-order valence-corrected chi connectivity index (χ2v) is 5.70. The predicted molar refractivity (Wildman–Crippen MR) is 89.7 cm³/mol. The lowest BCUT2D eigenvalue weighted by molar-refractivity contribution is -0.136. The zero-order valence-corrected chi connectivity index (χ0v) is 13.4. The highest BCUT2D eigenvalue weighted by atomic mass is 19.4. The minimum absolute atomic E-state index is 0.00318. The van der Waals surface area contributed by atoms with E-state index in [2.05, 4.69) is 25.4 Å². The molecule has 0 aliphatic heterocycles. The molecule has 0 aliphatic carbocycles. The average Bonchev–Trinajstić information content (AvgIpc) is 3.09. The van der Waals surface area contributed by atoms with Crippen LogP contribution in [0.25, 0.3) is 33.4 Å². The summed E-state index contributed by atoms with van der Waals surface area (Å²) in [7, 11) is 0. The van der Waals surface area contributed by atoms with E-state index >= 15 is 0 Å². The van der Waals surface area contributed by atoms with Crippen molar-refractivity contribution in [3.05, 3.63) is 54.0 Å². The van der Waals surface area contributed by atoms with Gasteiger partial charge in [0.2, 0.25) is 5.95 Å². The van der Waals surface area contributed by atoms with Gasteiger partial charge in [0.25, 0.3) is 0 Å². The molecule has 0 aliphatic rings. The first-order valence-corrected chi connectivity index (χ1v) is 7.64. The molecule has 0 saturated carbocycles. The van der Waals surface area contributed by atoms with Gasteiger partial charge in [-0.05, 0) is 24.3 Å². The van der Waals surface area contributed by atoms with Gasteiger partial charge in [-0.25, -0.2) is 9.37 Å². The van der Waals surface area contributed by atoms with Gasteiger partial charge < -0.3 is 5.73 Å². The molecule has 3 N–H and O–H groups in total. The van der Waals surface area contributed by atoms with E-state index in [0.717, 1.165) is 6.07 Å². The molecular weight excluding hydrogens is 364 g/mol. The Labute approximate surface area is 149 Å². The topological polar surface area (TPSA) is 93.4 Å². The van der Waals surface area contributed by atoms with E-state index in [9.17, 15) is 17.6 Å². The minimum Gasteiger partial charge on any atom is -0.366 e. The molecule has 4 rings (SSSR count). The van der Waals surface area contributed by atoms with Gasteiger partial charge in [-0.15, -0.1) is 10.2 Å². The Balaban J connectivity index is 2.02. The number of nitrogen functional groups attached to an aromatic ring is 1. The summed E-state index contributed by atoms with van der Waals surface area (Å²) >= 11 is 0. The van der Waals surface area contributed by atoms with Crippen LogP contribution in [0.4, 0.5) is 23.5 Å². The zero-order chi connectivity index (χ0) is 19.2. The third-order valence-electron chi connectivity index (χ3n) is 3.96. The molecule has 0 atom stereocenters. The minimum atomic E-state index is -4.63. The molecule has 0 fully saturated rings. The number of hydrogen-bond acceptors (Lipinski definition) is 5. The van der Waals surface area contributed by atoms with Crippen molar-refractivity contribution in [1.29, 1.82) is 0 Å². The number of nitrogens with one attached hydrogen (secondary N) is 1. The van der Waals surface area contributed by atoms with Gasteiger partial charge in [0.1, 0.15) is 17.2 Å². The monoisotopic (exact) mass is 374 g/mol. The Hall–Kier alpha value is -3.56. The third kappa shape index (κ3) is 2.94. The fraction of sp³-hybridized carbons (Fsp3) is 0.0588. The SMILES string of the molecule is Nc1nnc(-c2cc(C(F)(F)F)c3[nH]ncc3c2)c(-c2ccccc2F)n1. The second kappa shape index (κ2) is 6.01. The first-order valence-electron chi connectivity index (χ1n) is 7.64. The van der Waals surface area contributed by atoms with Gasteiger partial charge in [0.05, 0.1) is 17.3 Å². The highest BCUT2D eigenvalue weighted by Crippen LogP contribution is 2.38. The summed E-state index contributed by atoms with van der Waals surface area (Å²) in [5.74, 6) is -0.837. The van der Waals surface area contributed by atoms with E-state index in [0.29, 0.717) is 0 Å². The highest BCUT2D eigenvalue weighted by Gasteiger charge is 2.34. The first kappa shape index (κ1) is 16.9. The van der Waals surface area contributed by atoms with E-state index in [1.54, 1.807) is 6.07 Å². The van der Waals surface area contributed by atoms with Crippen LogP contribution in [0, 0.1) is 5.82 Å². The van der Waals surface area contributed by atoms with Gasteiger partial charge in [-0.3, -0.25) is 5.10 Å². The van der Waals surface area contributed by atoms with Crippen molar-refractivity contribution in [3.8, 4) is 22.5 Å². The molecule has 0 amide bonds. The van der Waals surface area contributed by atoms with Gasteiger partial charge in [0.15, 0.2) is 0 Å². The average molecular weight is 374 g/mol. The van der Waals surface area contributed by atoms with Crippen LogP contribution in [-0.4, -0.2) is 25.4 Å². The maximum absolute atomic E-state index is 14.3. The largest absolute Gasteiger partial charge is 0.418 e. The molecule has 2 heterocycles. The van der Waals surface area contributed by atoms with Crippen molar-refractivity contribution < 1.29 is 17.6 Å². The molecule has 0 saturated heterocycles. The molecular formula is C17H10F4N6. The summed E-state index contributed by atoms with van der Waals surface area (Å²) in [6.07, 6.45) is -3.37. The number of fused-ring (bicyclic) bond motifs is 1. The van der Waals surface area contributed by atoms with Gasteiger partial charge in [-0.1, -0.05) is 12.1 Å². The van der Waals surface area contributed by atoms with Gasteiger partial charge >= 0.3 is 6.18 Å². The van der Waals surface area contributed by atoms with Gasteiger partial charge in [0, 0.05) is 16.5 Å². The van der Waals surface area contributed by atoms with Crippen LogP contribution in [-0.2, 0) is 6.18 Å². The first-order chi connectivity index (χ1) is 12.8. The van der Waals surface area contributed by atoms with Gasteiger partial charge in [-0.2, -0.15) is 18.3 Å². The summed E-state index contributed by atoms with van der Waals surface area (Å²) in [6.45, 7) is 0. The van der Waals surface area contributed by atoms with E-state index in [4.69, 9.17) is 5.73 Å². The Morgan fingerprint density at radius 1 is 1.00 bits per heavy atom. The maximum Gasteiger partial charge on any atom is 0.418 e. The maximum atomic E-state index is 14.3. The van der Waals surface area contributed by atoms with E-state index < -0.39 is 17.6 Å². The summed E-state index contributed by atoms with van der Waals surface area (Å²) < 4.78 is 54.6. The van der Waals surface area contributed by atoms with E-state index in [-0.39, 0.29) is 39.4 Å². The van der Waals surface area contributed by atoms with Crippen molar-refractivity contribution in [2.24, 2.45) is 0 Å². The van der Waals surface area contributed by atoms with Crippen LogP contribution in [0.3, 0.4) is 0 Å². The summed E-state index contributed by atoms with van der Waals surface area (Å²) in [6, 6.07) is 8.03. The molecule has 2 aromatic heterocycles. The van der Waals surface area contributed by atoms with Crippen molar-refractivity contribution in [1.82, 2.24) is 25.4 Å². The van der Waals surface area contributed by atoms with Crippen LogP contribution in [0.5, 0.6) is 0 Å². The number of aromatic amines is 1. The Morgan fingerprint density at radius 2 is 1.78 bits per heavy atom. The predicted octanol–water partition coefficient (Wildman–Crippen LogP) is 3.82. The zero-order valence-electron chi connectivity index (χ0n) is 13.4. The number of aromatic nitrogens is 5. The van der Waals surface area contributed by atoms with Crippen LogP contribution in [0.2, 0.25) is 0 Å². The van der Waals surface area contributed by atoms with Crippen LogP contribution in [0.15, 0.2) is 42.6 Å². The van der Waals surface area contributed by atoms with Crippen LogP contribution < -0.4 is 5.73 Å². The molecule has 10 heteroatoms. The molecule has 0 spiro atoms. The van der Waals surface area contributed by atoms with Crippen LogP contribution >= 0.6 is 0 Å². The Kier molecular flexibility index (Phi) is 3.76. The number of anilines is 1. The molecule has 6 nitrogen and oxygen atoms in total. The highest BCUT2D eigenvalue weighted by molar-refractivity contribution is 5.89. The standard InChI is InChI=1S/C17H10F4N6/c18-12-4-2-1-3-10(12)15-14(26-27-16(22)24-15)8-5-9-7-23-25-13(9)11(6-8)17(19,20)21/h1-7H,(H,23,25)(H2,22,24,27). The smallest absolute Gasteiger partial charge is 0.366 e. The number of alkyl halides is 3. The van der Waals surface area contributed by atoms with Crippen molar-refractivity contribution in [2.45, 2.75) is 6.18 Å². The van der Waals surface area contributed by atoms with Crippen LogP contribution in [0.1, 0.15) is 5.56 Å². The quantitative estimate of drug-likeness (QED) is 0.520. The molecule has 27 heavy (non-hydrogen) atoms. The van der Waals surface area contributed by atoms with E-state index in [1.807, 2.05) is 0 Å². The fourth-order valence-electron chi connectivity index (χ4n) is 2.79. The number of H-pyrrole nitrogens is 1. The summed E-state index contributed by atoms with van der Waals surface area (Å²) in [5.41, 5.74) is 4.57. The van der Waals surface area contributed by atoms with Crippen molar-refractivity contribution >= 4 is 16.9 Å². The lowest BCUT2D eigenvalue weighted by Gasteiger charge is -2.12. The number of halogens is 4. The second-order valence-electron chi connectivity index (χ2n) is 5.70. The van der Waals surface area contributed by atoms with E-state index in [1.165, 1.54) is 30.5 Å². The lowest BCUT2D eigenvalue weighted by Crippen LogP contribution is -2.07.